The average Bonchev–Trinajstić information content (AvgIpc) is 3.25. The lowest BCUT2D eigenvalue weighted by Crippen LogP contribution is -2.48. The number of fused-ring (bicyclic) bond motifs is 2. The van der Waals surface area contributed by atoms with Gasteiger partial charge in [-0.3, -0.25) is 25.2 Å². The normalized spacial score (nSPS) is 28.1. The predicted octanol–water partition coefficient (Wildman–Crippen LogP) is 2.38. The lowest BCUT2D eigenvalue weighted by Gasteiger charge is -2.26. The van der Waals surface area contributed by atoms with E-state index in [1.807, 2.05) is 6.07 Å². The molecule has 1 aromatic rings. The number of thiophene rings is 1. The van der Waals surface area contributed by atoms with Gasteiger partial charge in [-0.1, -0.05) is 13.8 Å². The molecule has 2 saturated carbocycles. The van der Waals surface area contributed by atoms with E-state index in [1.165, 1.54) is 11.3 Å². The first kappa shape index (κ1) is 17.0. The van der Waals surface area contributed by atoms with Crippen LogP contribution in [0, 0.1) is 23.7 Å². The molecule has 24 heavy (non-hydrogen) atoms. The first-order valence-electron chi connectivity index (χ1n) is 8.30. The van der Waals surface area contributed by atoms with E-state index in [2.05, 4.69) is 24.7 Å². The van der Waals surface area contributed by atoms with Crippen molar-refractivity contribution < 1.29 is 19.5 Å². The third-order valence-corrected chi connectivity index (χ3v) is 6.49. The van der Waals surface area contributed by atoms with Crippen molar-refractivity contribution in [2.75, 3.05) is 0 Å². The summed E-state index contributed by atoms with van der Waals surface area (Å²) in [5.41, 5.74) is 5.36. The Morgan fingerprint density at radius 2 is 1.83 bits per heavy atom. The van der Waals surface area contributed by atoms with Crippen molar-refractivity contribution in [3.8, 4) is 0 Å². The molecule has 4 atom stereocenters. The van der Waals surface area contributed by atoms with Crippen LogP contribution in [0.15, 0.2) is 11.4 Å². The van der Waals surface area contributed by atoms with Crippen molar-refractivity contribution in [1.82, 2.24) is 10.9 Å². The summed E-state index contributed by atoms with van der Waals surface area (Å²) < 4.78 is 0. The fraction of sp³-hybridized carbons (Fsp3) is 0.588. The lowest BCUT2D eigenvalue weighted by atomic mass is 9.79. The SMILES string of the molecule is CC(C)c1cc(C(=O)NNC(=O)[C@H]2[C@H]3CC[C@@H](C3)[C@@H]2C(=O)O)cs1. The van der Waals surface area contributed by atoms with Crippen LogP contribution in [-0.4, -0.2) is 22.9 Å². The standard InChI is InChI=1S/C17H22N2O4S/c1-8(2)12-6-11(7-24-12)15(20)18-19-16(21)13-9-3-4-10(5-9)14(13)17(22)23/h6-10,13-14H,3-5H2,1-2H3,(H,18,20)(H,19,21)(H,22,23)/t9-,10-,13-,14-/m0/s1. The van der Waals surface area contributed by atoms with Crippen molar-refractivity contribution in [2.24, 2.45) is 23.7 Å². The zero-order valence-electron chi connectivity index (χ0n) is 13.7. The Morgan fingerprint density at radius 3 is 2.42 bits per heavy atom. The quantitative estimate of drug-likeness (QED) is 0.727. The second-order valence-electron chi connectivity index (χ2n) is 7.06. The molecule has 6 nitrogen and oxygen atoms in total. The minimum absolute atomic E-state index is 0.0874. The molecule has 3 rings (SSSR count). The van der Waals surface area contributed by atoms with Gasteiger partial charge in [0.15, 0.2) is 0 Å². The molecular weight excluding hydrogens is 328 g/mol. The van der Waals surface area contributed by atoms with Gasteiger partial charge < -0.3 is 5.11 Å². The summed E-state index contributed by atoms with van der Waals surface area (Å²) in [5.74, 6) is -2.30. The topological polar surface area (TPSA) is 95.5 Å². The summed E-state index contributed by atoms with van der Waals surface area (Å²) in [6.45, 7) is 4.10. The Kier molecular flexibility index (Phi) is 4.62. The van der Waals surface area contributed by atoms with E-state index in [4.69, 9.17) is 0 Å². The summed E-state index contributed by atoms with van der Waals surface area (Å²) in [6, 6.07) is 1.81. The van der Waals surface area contributed by atoms with Crippen LogP contribution >= 0.6 is 11.3 Å². The first-order chi connectivity index (χ1) is 11.4. The number of carbonyl (C=O) groups excluding carboxylic acids is 2. The number of hydrogen-bond donors (Lipinski definition) is 3. The molecule has 130 valence electrons. The molecule has 1 aromatic heterocycles. The third-order valence-electron chi connectivity index (χ3n) is 5.25. The zero-order valence-corrected chi connectivity index (χ0v) is 14.6. The van der Waals surface area contributed by atoms with Crippen LogP contribution in [-0.2, 0) is 9.59 Å². The number of hydrazine groups is 1. The van der Waals surface area contributed by atoms with E-state index < -0.39 is 17.8 Å². The molecule has 3 N–H and O–H groups in total. The van der Waals surface area contributed by atoms with E-state index >= 15 is 0 Å². The van der Waals surface area contributed by atoms with Crippen LogP contribution in [0.3, 0.4) is 0 Å². The highest BCUT2D eigenvalue weighted by Gasteiger charge is 2.54. The Morgan fingerprint density at radius 1 is 1.17 bits per heavy atom. The van der Waals surface area contributed by atoms with Gasteiger partial charge in [-0.05, 0) is 43.1 Å². The largest absolute Gasteiger partial charge is 0.481 e. The molecular formula is C17H22N2O4S. The maximum atomic E-state index is 12.4. The number of amides is 2. The first-order valence-corrected chi connectivity index (χ1v) is 9.18. The minimum atomic E-state index is -0.909. The Bertz CT molecular complexity index is 669. The molecule has 0 unspecified atom stereocenters. The summed E-state index contributed by atoms with van der Waals surface area (Å²) in [7, 11) is 0. The molecule has 2 fully saturated rings. The van der Waals surface area contributed by atoms with Crippen LogP contribution in [0.5, 0.6) is 0 Å². The maximum Gasteiger partial charge on any atom is 0.307 e. The van der Waals surface area contributed by atoms with Gasteiger partial charge in [0.05, 0.1) is 17.4 Å². The van der Waals surface area contributed by atoms with Gasteiger partial charge in [0.25, 0.3) is 5.91 Å². The molecule has 2 aliphatic rings. The number of hydrogen-bond acceptors (Lipinski definition) is 4. The monoisotopic (exact) mass is 350 g/mol. The number of carbonyl (C=O) groups is 3. The number of rotatable bonds is 4. The predicted molar refractivity (Wildman–Crippen MR) is 89.5 cm³/mol. The lowest BCUT2D eigenvalue weighted by molar-refractivity contribution is -0.149. The van der Waals surface area contributed by atoms with Gasteiger partial charge in [0.2, 0.25) is 5.91 Å². The summed E-state index contributed by atoms with van der Waals surface area (Å²) in [4.78, 5) is 37.1. The Hall–Kier alpha value is -1.89. The number of carboxylic acid groups (broad SMARTS) is 1. The summed E-state index contributed by atoms with van der Waals surface area (Å²) >= 11 is 1.51. The van der Waals surface area contributed by atoms with Crippen LogP contribution in [0.2, 0.25) is 0 Å². The molecule has 2 bridgehead atoms. The van der Waals surface area contributed by atoms with E-state index in [-0.39, 0.29) is 23.7 Å². The summed E-state index contributed by atoms with van der Waals surface area (Å²) in [5, 5.41) is 11.2. The van der Waals surface area contributed by atoms with Gasteiger partial charge in [-0.15, -0.1) is 11.3 Å². The van der Waals surface area contributed by atoms with Gasteiger partial charge >= 0.3 is 5.97 Å². The minimum Gasteiger partial charge on any atom is -0.481 e. The van der Waals surface area contributed by atoms with E-state index in [1.54, 1.807) is 5.38 Å². The second-order valence-corrected chi connectivity index (χ2v) is 8.00. The number of aliphatic carboxylic acids is 1. The van der Waals surface area contributed by atoms with Gasteiger partial charge in [-0.25, -0.2) is 0 Å². The van der Waals surface area contributed by atoms with Crippen molar-refractivity contribution in [3.05, 3.63) is 21.9 Å². The molecule has 2 amide bonds. The van der Waals surface area contributed by atoms with Crippen molar-refractivity contribution in [2.45, 2.75) is 39.0 Å². The molecule has 7 heteroatoms. The van der Waals surface area contributed by atoms with E-state index in [0.717, 1.165) is 24.1 Å². The molecule has 0 spiro atoms. The Labute approximate surface area is 144 Å². The maximum absolute atomic E-state index is 12.4. The smallest absolute Gasteiger partial charge is 0.307 e. The van der Waals surface area contributed by atoms with Gasteiger partial charge in [-0.2, -0.15) is 0 Å². The highest BCUT2D eigenvalue weighted by atomic mass is 32.1. The molecule has 2 aliphatic carbocycles. The highest BCUT2D eigenvalue weighted by Crippen LogP contribution is 2.52. The fourth-order valence-corrected chi connectivity index (χ4v) is 4.98. The van der Waals surface area contributed by atoms with Crippen LogP contribution < -0.4 is 10.9 Å². The van der Waals surface area contributed by atoms with Gasteiger partial charge in [0, 0.05) is 10.3 Å². The van der Waals surface area contributed by atoms with E-state index in [9.17, 15) is 19.5 Å². The van der Waals surface area contributed by atoms with Crippen LogP contribution in [0.4, 0.5) is 0 Å². The third kappa shape index (κ3) is 3.05. The van der Waals surface area contributed by atoms with Gasteiger partial charge in [0.1, 0.15) is 0 Å². The zero-order chi connectivity index (χ0) is 17.4. The summed E-state index contributed by atoms with van der Waals surface area (Å²) in [6.07, 6.45) is 2.57. The molecule has 1 heterocycles. The Balaban J connectivity index is 1.60. The molecule has 0 saturated heterocycles. The van der Waals surface area contributed by atoms with Crippen molar-refractivity contribution >= 4 is 29.1 Å². The van der Waals surface area contributed by atoms with E-state index in [0.29, 0.717) is 11.5 Å². The number of carboxylic acids is 1. The highest BCUT2D eigenvalue weighted by molar-refractivity contribution is 7.10. The van der Waals surface area contributed by atoms with Crippen molar-refractivity contribution in [3.63, 3.8) is 0 Å². The number of nitrogens with one attached hydrogen (secondary N) is 2. The molecule has 0 aromatic carbocycles. The van der Waals surface area contributed by atoms with Crippen LogP contribution in [0.25, 0.3) is 0 Å². The van der Waals surface area contributed by atoms with Crippen molar-refractivity contribution in [1.29, 1.82) is 0 Å². The second kappa shape index (κ2) is 6.55. The molecule has 0 radical (unpaired) electrons. The molecule has 0 aliphatic heterocycles. The fourth-order valence-electron chi connectivity index (χ4n) is 4.07. The average molecular weight is 350 g/mol. The van der Waals surface area contributed by atoms with Crippen LogP contribution in [0.1, 0.15) is 54.3 Å².